The van der Waals surface area contributed by atoms with Crippen molar-refractivity contribution in [3.63, 3.8) is 0 Å². The molecule has 0 saturated carbocycles. The fourth-order valence-electron chi connectivity index (χ4n) is 3.41. The molecule has 2 aromatic carbocycles. The third kappa shape index (κ3) is 9.73. The van der Waals surface area contributed by atoms with Crippen LogP contribution in [0.5, 0.6) is 0 Å². The van der Waals surface area contributed by atoms with E-state index in [1.54, 1.807) is 36.4 Å². The lowest BCUT2D eigenvalue weighted by Gasteiger charge is -2.28. The van der Waals surface area contributed by atoms with Crippen molar-refractivity contribution < 1.29 is 19.2 Å². The first-order valence-electron chi connectivity index (χ1n) is 11.8. The smallest absolute Gasteiger partial charge is 0.305 e. The zero-order valence-electron chi connectivity index (χ0n) is 21.2. The number of nitro benzene ring substituents is 1. The molecule has 0 bridgehead atoms. The number of methoxy groups -OCH3 is 1. The van der Waals surface area contributed by atoms with Crippen LogP contribution in [0, 0.1) is 22.0 Å². The Kier molecular flexibility index (Phi) is 12.6. The number of nitro groups is 1. The van der Waals surface area contributed by atoms with E-state index < -0.39 is 4.92 Å². The highest BCUT2D eigenvalue weighted by Crippen LogP contribution is 2.31. The first-order chi connectivity index (χ1) is 16.1. The normalized spacial score (nSPS) is 10.5. The number of benzene rings is 2. The minimum atomic E-state index is -0.398. The molecule has 34 heavy (non-hydrogen) atoms. The van der Waals surface area contributed by atoms with Crippen LogP contribution >= 0.6 is 0 Å². The molecule has 0 unspecified atom stereocenters. The highest BCUT2D eigenvalue weighted by atomic mass is 16.6. The van der Waals surface area contributed by atoms with Gasteiger partial charge in [0.1, 0.15) is 5.69 Å². The second-order valence-corrected chi connectivity index (χ2v) is 9.03. The van der Waals surface area contributed by atoms with Gasteiger partial charge in [0, 0.05) is 36.7 Å². The van der Waals surface area contributed by atoms with E-state index in [0.29, 0.717) is 35.1 Å². The van der Waals surface area contributed by atoms with Gasteiger partial charge in [-0.3, -0.25) is 19.7 Å². The predicted octanol–water partition coefficient (Wildman–Crippen LogP) is 6.29. The quantitative estimate of drug-likeness (QED) is 0.166. The van der Waals surface area contributed by atoms with Crippen molar-refractivity contribution >= 4 is 23.1 Å². The van der Waals surface area contributed by atoms with Crippen molar-refractivity contribution in [3.8, 4) is 0 Å². The summed E-state index contributed by atoms with van der Waals surface area (Å²) in [5.74, 6) is 0.435. The fourth-order valence-corrected chi connectivity index (χ4v) is 3.41. The zero-order valence-corrected chi connectivity index (χ0v) is 21.2. The van der Waals surface area contributed by atoms with Gasteiger partial charge in [-0.15, -0.1) is 0 Å². The van der Waals surface area contributed by atoms with Crippen LogP contribution in [0.3, 0.4) is 0 Å². The third-order valence-corrected chi connectivity index (χ3v) is 4.94. The number of carbonyl (C=O) groups is 2. The molecule has 0 N–H and O–H groups in total. The lowest BCUT2D eigenvalue weighted by atomic mass is 10.0. The monoisotopic (exact) mass is 470 g/mol. The van der Waals surface area contributed by atoms with Gasteiger partial charge in [-0.25, -0.2) is 0 Å². The molecule has 0 heterocycles. The number of esters is 1. The van der Waals surface area contributed by atoms with Gasteiger partial charge >= 0.3 is 5.97 Å². The van der Waals surface area contributed by atoms with Crippen molar-refractivity contribution in [1.29, 1.82) is 0 Å². The Balaban J connectivity index is 0.000000620. The number of anilines is 1. The molecule has 186 valence electrons. The Labute approximate surface area is 203 Å². The Hall–Kier alpha value is -3.22. The molecule has 2 rings (SSSR count). The molecule has 0 aromatic heterocycles. The number of carbonyl (C=O) groups excluding carboxylic acids is 2. The van der Waals surface area contributed by atoms with Gasteiger partial charge < -0.3 is 9.64 Å². The first kappa shape index (κ1) is 28.8. The topological polar surface area (TPSA) is 89.8 Å². The maximum atomic E-state index is 12.6. The molecule has 0 atom stereocenters. The summed E-state index contributed by atoms with van der Waals surface area (Å²) in [6.45, 7) is 11.9. The minimum absolute atomic E-state index is 0.0203. The summed E-state index contributed by atoms with van der Waals surface area (Å²) in [5.41, 5.74) is 1.41. The molecule has 2 aromatic rings. The van der Waals surface area contributed by atoms with Gasteiger partial charge in [0.2, 0.25) is 0 Å². The van der Waals surface area contributed by atoms with E-state index in [1.165, 1.54) is 13.2 Å². The summed E-state index contributed by atoms with van der Waals surface area (Å²) in [7, 11) is 1.41. The van der Waals surface area contributed by atoms with Gasteiger partial charge in [-0.05, 0) is 30.4 Å². The maximum Gasteiger partial charge on any atom is 0.305 e. The number of unbranched alkanes of at least 4 members (excludes halogenated alkanes) is 1. The molecule has 0 aliphatic heterocycles. The fraction of sp³-hybridized carbons (Fsp3) is 0.481. The van der Waals surface area contributed by atoms with Crippen molar-refractivity contribution in [2.24, 2.45) is 11.8 Å². The van der Waals surface area contributed by atoms with E-state index in [9.17, 15) is 19.7 Å². The van der Waals surface area contributed by atoms with Gasteiger partial charge in [0.25, 0.3) is 5.69 Å². The van der Waals surface area contributed by atoms with Crippen LogP contribution in [0.25, 0.3) is 0 Å². The number of ketones is 1. The second-order valence-electron chi connectivity index (χ2n) is 9.03. The summed E-state index contributed by atoms with van der Waals surface area (Å²) >= 11 is 0. The average molecular weight is 471 g/mol. The van der Waals surface area contributed by atoms with Crippen LogP contribution < -0.4 is 4.90 Å². The molecule has 7 nitrogen and oxygen atoms in total. The number of rotatable bonds is 11. The van der Waals surface area contributed by atoms with Gasteiger partial charge in [0.05, 0.1) is 12.0 Å². The molecule has 0 aliphatic carbocycles. The molecular formula is C27H38N2O5. The number of hydrogen-bond donors (Lipinski definition) is 0. The van der Waals surface area contributed by atoms with Crippen molar-refractivity contribution in [2.75, 3.05) is 25.1 Å². The highest BCUT2D eigenvalue weighted by Gasteiger charge is 2.23. The predicted molar refractivity (Wildman–Crippen MR) is 136 cm³/mol. The molecule has 0 saturated heterocycles. The minimum Gasteiger partial charge on any atom is -0.469 e. The van der Waals surface area contributed by atoms with Crippen LogP contribution in [0.1, 0.15) is 69.8 Å². The molecular weight excluding hydrogens is 432 g/mol. The highest BCUT2D eigenvalue weighted by molar-refractivity contribution is 6.09. The van der Waals surface area contributed by atoms with E-state index in [1.807, 2.05) is 17.9 Å². The third-order valence-electron chi connectivity index (χ3n) is 4.94. The largest absolute Gasteiger partial charge is 0.469 e. The maximum absolute atomic E-state index is 12.6. The Morgan fingerprint density at radius 2 is 1.56 bits per heavy atom. The molecule has 0 aliphatic rings. The van der Waals surface area contributed by atoms with Crippen LogP contribution in [-0.2, 0) is 9.53 Å². The van der Waals surface area contributed by atoms with Gasteiger partial charge in [-0.1, -0.05) is 71.4 Å². The van der Waals surface area contributed by atoms with Gasteiger partial charge in [-0.2, -0.15) is 0 Å². The number of ether oxygens (including phenoxy) is 1. The first-order valence-corrected chi connectivity index (χ1v) is 11.8. The Morgan fingerprint density at radius 3 is 2.03 bits per heavy atom. The summed E-state index contributed by atoms with van der Waals surface area (Å²) in [4.78, 5) is 36.3. The van der Waals surface area contributed by atoms with Gasteiger partial charge in [0.15, 0.2) is 5.78 Å². The van der Waals surface area contributed by atoms with E-state index in [2.05, 4.69) is 32.4 Å². The van der Waals surface area contributed by atoms with E-state index in [4.69, 9.17) is 0 Å². The Morgan fingerprint density at radius 1 is 0.971 bits per heavy atom. The van der Waals surface area contributed by atoms with E-state index in [0.717, 1.165) is 25.9 Å². The van der Waals surface area contributed by atoms with Crippen LogP contribution in [-0.4, -0.2) is 36.9 Å². The molecule has 7 heteroatoms. The van der Waals surface area contributed by atoms with E-state index in [-0.39, 0.29) is 17.4 Å². The summed E-state index contributed by atoms with van der Waals surface area (Å²) < 4.78 is 4.41. The number of nitrogens with zero attached hydrogens (tertiary/aromatic N) is 2. The Bertz CT molecular complexity index is 916. The van der Waals surface area contributed by atoms with Crippen molar-refractivity contribution in [1.82, 2.24) is 0 Å². The molecule has 0 radical (unpaired) electrons. The molecule has 0 amide bonds. The summed E-state index contributed by atoms with van der Waals surface area (Å²) in [6.07, 6.45) is 2.55. The van der Waals surface area contributed by atoms with Crippen LogP contribution in [0.2, 0.25) is 0 Å². The number of hydrogen-bond acceptors (Lipinski definition) is 6. The molecule has 0 spiro atoms. The second kappa shape index (κ2) is 14.8. The zero-order chi connectivity index (χ0) is 25.7. The summed E-state index contributed by atoms with van der Waals surface area (Å²) in [5, 5.41) is 11.7. The lowest BCUT2D eigenvalue weighted by molar-refractivity contribution is -0.384. The van der Waals surface area contributed by atoms with Crippen LogP contribution in [0.4, 0.5) is 11.4 Å². The lowest BCUT2D eigenvalue weighted by Crippen LogP contribution is -2.31. The van der Waals surface area contributed by atoms with E-state index >= 15 is 0 Å². The standard InChI is InChI=1S/C21H26N2O3.C6H12O2/c1-15(2)13-22(14-16(3)4)19-11-10-18(12-20(19)23(25)26)21(24)17-8-6-5-7-9-17;1-3-4-5-6(7)8-2/h5-12,15-16H,13-14H2,1-4H3;3-5H2,1-2H3. The summed E-state index contributed by atoms with van der Waals surface area (Å²) in [6, 6.07) is 13.6. The van der Waals surface area contributed by atoms with Crippen molar-refractivity contribution in [2.45, 2.75) is 53.9 Å². The van der Waals surface area contributed by atoms with Crippen molar-refractivity contribution in [3.05, 3.63) is 69.8 Å². The SMILES string of the molecule is CC(C)CN(CC(C)C)c1ccc(C(=O)c2ccccc2)cc1[N+](=O)[O-].CCCCC(=O)OC. The average Bonchev–Trinajstić information content (AvgIpc) is 2.81. The van der Waals surface area contributed by atoms with Crippen LogP contribution in [0.15, 0.2) is 48.5 Å². The molecule has 0 fully saturated rings.